The predicted octanol–water partition coefficient (Wildman–Crippen LogP) is 3.25. The largest absolute Gasteiger partial charge is 0.493 e. The summed E-state index contributed by atoms with van der Waals surface area (Å²) in [5, 5.41) is 6.32. The van der Waals surface area contributed by atoms with E-state index in [0.717, 1.165) is 36.4 Å². The van der Waals surface area contributed by atoms with E-state index >= 15 is 0 Å². The molecule has 7 nitrogen and oxygen atoms in total. The summed E-state index contributed by atoms with van der Waals surface area (Å²) in [5.74, 6) is 1.91. The lowest BCUT2D eigenvalue weighted by molar-refractivity contribution is -0.140. The van der Waals surface area contributed by atoms with Crippen molar-refractivity contribution in [1.29, 1.82) is 0 Å². The zero-order valence-electron chi connectivity index (χ0n) is 17.0. The summed E-state index contributed by atoms with van der Waals surface area (Å²) in [6.45, 7) is 3.64. The fourth-order valence-corrected chi connectivity index (χ4v) is 3.04. The van der Waals surface area contributed by atoms with Crippen LogP contribution in [0, 0.1) is 0 Å². The second kappa shape index (κ2) is 13.5. The Bertz CT molecular complexity index is 634. The van der Waals surface area contributed by atoms with Crippen LogP contribution in [0.15, 0.2) is 23.2 Å². The summed E-state index contributed by atoms with van der Waals surface area (Å²) in [6.07, 6.45) is 5.12. The third-order valence-electron chi connectivity index (χ3n) is 4.47. The molecule has 2 N–H and O–H groups in total. The van der Waals surface area contributed by atoms with Gasteiger partial charge < -0.3 is 24.8 Å². The maximum absolute atomic E-state index is 11.3. The van der Waals surface area contributed by atoms with E-state index in [-0.39, 0.29) is 42.5 Å². The number of para-hydroxylation sites is 1. The Kier molecular flexibility index (Phi) is 11.7. The van der Waals surface area contributed by atoms with Gasteiger partial charge in [0, 0.05) is 18.7 Å². The molecular formula is C20H32IN3O4. The van der Waals surface area contributed by atoms with Crippen LogP contribution in [0.4, 0.5) is 0 Å². The second-order valence-electron chi connectivity index (χ2n) is 6.42. The Labute approximate surface area is 184 Å². The first kappa shape index (κ1) is 24.3. The van der Waals surface area contributed by atoms with E-state index in [0.29, 0.717) is 19.0 Å². The van der Waals surface area contributed by atoms with Crippen LogP contribution < -0.4 is 20.1 Å². The molecule has 0 unspecified atom stereocenters. The number of benzene rings is 1. The van der Waals surface area contributed by atoms with Gasteiger partial charge in [0.05, 0.1) is 33.3 Å². The van der Waals surface area contributed by atoms with Gasteiger partial charge in [-0.25, -0.2) is 4.99 Å². The first-order valence-corrected chi connectivity index (χ1v) is 9.59. The van der Waals surface area contributed by atoms with Crippen molar-refractivity contribution < 1.29 is 19.0 Å². The van der Waals surface area contributed by atoms with Crippen molar-refractivity contribution in [3.8, 4) is 11.5 Å². The topological polar surface area (TPSA) is 81.2 Å². The van der Waals surface area contributed by atoms with Crippen LogP contribution in [0.3, 0.4) is 0 Å². The van der Waals surface area contributed by atoms with Crippen LogP contribution in [0.2, 0.25) is 0 Å². The molecular weight excluding hydrogens is 473 g/mol. The average molecular weight is 505 g/mol. The van der Waals surface area contributed by atoms with Crippen molar-refractivity contribution >= 4 is 35.9 Å². The molecule has 1 saturated carbocycles. The lowest BCUT2D eigenvalue weighted by atomic mass is 10.1. The van der Waals surface area contributed by atoms with Gasteiger partial charge in [0.2, 0.25) is 0 Å². The number of halogens is 1. The Morgan fingerprint density at radius 3 is 2.61 bits per heavy atom. The second-order valence-corrected chi connectivity index (χ2v) is 6.42. The molecule has 0 atom stereocenters. The van der Waals surface area contributed by atoms with Gasteiger partial charge in [-0.15, -0.1) is 24.0 Å². The summed E-state index contributed by atoms with van der Waals surface area (Å²) in [7, 11) is 3.04. The third-order valence-corrected chi connectivity index (χ3v) is 4.47. The number of methoxy groups -OCH3 is 2. The zero-order valence-corrected chi connectivity index (χ0v) is 19.3. The van der Waals surface area contributed by atoms with E-state index in [2.05, 4.69) is 20.4 Å². The minimum atomic E-state index is -0.251. The summed E-state index contributed by atoms with van der Waals surface area (Å²) in [6, 6.07) is 5.87. The Morgan fingerprint density at radius 1 is 1.21 bits per heavy atom. The standard InChI is InChI=1S/C20H31N3O4.HI/c1-4-21-20(22-13-12-18(24)26-3)23-14-15-8-7-11-17(25-2)19(15)27-16-9-5-6-10-16;/h7-8,11,16H,4-6,9-10,12-14H2,1-3H3,(H2,21,22,23);1H. The van der Waals surface area contributed by atoms with E-state index in [9.17, 15) is 4.79 Å². The van der Waals surface area contributed by atoms with Crippen molar-refractivity contribution in [2.75, 3.05) is 27.3 Å². The van der Waals surface area contributed by atoms with Gasteiger partial charge in [0.25, 0.3) is 0 Å². The van der Waals surface area contributed by atoms with Gasteiger partial charge in [0.1, 0.15) is 0 Å². The van der Waals surface area contributed by atoms with Crippen molar-refractivity contribution in [2.24, 2.45) is 4.99 Å². The molecule has 0 heterocycles. The minimum Gasteiger partial charge on any atom is -0.493 e. The molecule has 0 spiro atoms. The highest BCUT2D eigenvalue weighted by atomic mass is 127. The van der Waals surface area contributed by atoms with Crippen LogP contribution in [-0.4, -0.2) is 45.3 Å². The SMILES string of the molecule is CCNC(=NCc1cccc(OC)c1OC1CCCC1)NCCC(=O)OC.I. The Balaban J connectivity index is 0.00000392. The molecule has 0 amide bonds. The molecule has 1 fully saturated rings. The number of nitrogens with zero attached hydrogens (tertiary/aromatic N) is 1. The number of nitrogens with one attached hydrogen (secondary N) is 2. The van der Waals surface area contributed by atoms with Crippen LogP contribution in [0.1, 0.15) is 44.6 Å². The molecule has 1 aliphatic rings. The number of guanidine groups is 1. The molecule has 2 rings (SSSR count). The van der Waals surface area contributed by atoms with E-state index in [1.165, 1.54) is 20.0 Å². The number of carbonyl (C=O) groups excluding carboxylic acids is 1. The molecule has 0 bridgehead atoms. The van der Waals surface area contributed by atoms with E-state index in [4.69, 9.17) is 9.47 Å². The van der Waals surface area contributed by atoms with Crippen molar-refractivity contribution in [3.63, 3.8) is 0 Å². The van der Waals surface area contributed by atoms with Crippen LogP contribution >= 0.6 is 24.0 Å². The number of esters is 1. The van der Waals surface area contributed by atoms with Crippen molar-refractivity contribution in [3.05, 3.63) is 23.8 Å². The number of hydrogen-bond donors (Lipinski definition) is 2. The van der Waals surface area contributed by atoms with Gasteiger partial charge in [-0.2, -0.15) is 0 Å². The van der Waals surface area contributed by atoms with Gasteiger partial charge in [-0.3, -0.25) is 4.79 Å². The normalized spacial score (nSPS) is 14.2. The Morgan fingerprint density at radius 2 is 1.96 bits per heavy atom. The average Bonchev–Trinajstić information content (AvgIpc) is 3.19. The van der Waals surface area contributed by atoms with Crippen molar-refractivity contribution in [2.45, 2.75) is 51.7 Å². The van der Waals surface area contributed by atoms with Crippen LogP contribution in [0.25, 0.3) is 0 Å². The predicted molar refractivity (Wildman–Crippen MR) is 121 cm³/mol. The molecule has 0 saturated heterocycles. The number of hydrogen-bond acceptors (Lipinski definition) is 5. The summed E-state index contributed by atoms with van der Waals surface area (Å²) < 4.78 is 16.4. The highest BCUT2D eigenvalue weighted by Gasteiger charge is 2.20. The molecule has 1 aliphatic carbocycles. The highest BCUT2D eigenvalue weighted by molar-refractivity contribution is 14.0. The maximum atomic E-state index is 11.3. The van der Waals surface area contributed by atoms with Gasteiger partial charge in [0.15, 0.2) is 17.5 Å². The highest BCUT2D eigenvalue weighted by Crippen LogP contribution is 2.35. The molecule has 0 aliphatic heterocycles. The quantitative estimate of drug-likeness (QED) is 0.232. The minimum absolute atomic E-state index is 0. The monoisotopic (exact) mass is 505 g/mol. The molecule has 28 heavy (non-hydrogen) atoms. The maximum Gasteiger partial charge on any atom is 0.307 e. The van der Waals surface area contributed by atoms with E-state index in [1.807, 2.05) is 25.1 Å². The molecule has 1 aromatic carbocycles. The third kappa shape index (κ3) is 7.73. The Hall–Kier alpha value is -1.71. The first-order chi connectivity index (χ1) is 13.2. The lowest BCUT2D eigenvalue weighted by Gasteiger charge is -2.19. The van der Waals surface area contributed by atoms with E-state index in [1.54, 1.807) is 7.11 Å². The smallest absolute Gasteiger partial charge is 0.307 e. The number of carbonyl (C=O) groups is 1. The van der Waals surface area contributed by atoms with Gasteiger partial charge in [-0.05, 0) is 38.7 Å². The molecule has 0 aromatic heterocycles. The van der Waals surface area contributed by atoms with Crippen molar-refractivity contribution in [1.82, 2.24) is 10.6 Å². The number of ether oxygens (including phenoxy) is 3. The summed E-state index contributed by atoms with van der Waals surface area (Å²) >= 11 is 0. The molecule has 158 valence electrons. The molecule has 8 heteroatoms. The molecule has 0 radical (unpaired) electrons. The summed E-state index contributed by atoms with van der Waals surface area (Å²) in [4.78, 5) is 15.9. The first-order valence-electron chi connectivity index (χ1n) is 9.59. The zero-order chi connectivity index (χ0) is 19.5. The fraction of sp³-hybridized carbons (Fsp3) is 0.600. The van der Waals surface area contributed by atoms with Crippen LogP contribution in [0.5, 0.6) is 11.5 Å². The number of aliphatic imine (C=N–C) groups is 1. The van der Waals surface area contributed by atoms with E-state index < -0.39 is 0 Å². The van der Waals surface area contributed by atoms with Gasteiger partial charge in [-0.1, -0.05) is 12.1 Å². The van der Waals surface area contributed by atoms with Gasteiger partial charge >= 0.3 is 5.97 Å². The number of rotatable bonds is 9. The van der Waals surface area contributed by atoms with Crippen LogP contribution in [-0.2, 0) is 16.1 Å². The molecule has 1 aromatic rings. The summed E-state index contributed by atoms with van der Waals surface area (Å²) in [5.41, 5.74) is 0.978. The fourth-order valence-electron chi connectivity index (χ4n) is 3.04. The lowest BCUT2D eigenvalue weighted by Crippen LogP contribution is -2.38.